The van der Waals surface area contributed by atoms with Crippen molar-refractivity contribution < 1.29 is 5.11 Å². The molecule has 2 nitrogen and oxygen atoms in total. The fourth-order valence-electron chi connectivity index (χ4n) is 3.12. The Kier molecular flexibility index (Phi) is 4.45. The predicted molar refractivity (Wildman–Crippen MR) is 62.9 cm³/mol. The largest absolute Gasteiger partial charge is 0.391 e. The van der Waals surface area contributed by atoms with Gasteiger partial charge in [-0.05, 0) is 38.8 Å². The molecule has 1 saturated heterocycles. The van der Waals surface area contributed by atoms with Crippen molar-refractivity contribution in [3.8, 4) is 0 Å². The second-order valence-electron chi connectivity index (χ2n) is 5.22. The molecule has 0 radical (unpaired) electrons. The van der Waals surface area contributed by atoms with Gasteiger partial charge >= 0.3 is 0 Å². The van der Waals surface area contributed by atoms with Crippen molar-refractivity contribution in [3.63, 3.8) is 0 Å². The van der Waals surface area contributed by atoms with Crippen molar-refractivity contribution in [2.24, 2.45) is 0 Å². The van der Waals surface area contributed by atoms with Crippen LogP contribution in [0.25, 0.3) is 0 Å². The second-order valence-corrected chi connectivity index (χ2v) is 5.22. The van der Waals surface area contributed by atoms with Crippen LogP contribution in [0, 0.1) is 0 Å². The molecule has 1 heterocycles. The van der Waals surface area contributed by atoms with Crippen molar-refractivity contribution in [2.45, 2.75) is 69.9 Å². The molecule has 0 aromatic rings. The van der Waals surface area contributed by atoms with E-state index in [1.165, 1.54) is 64.5 Å². The first-order valence-electron chi connectivity index (χ1n) is 6.80. The van der Waals surface area contributed by atoms with Crippen LogP contribution in [-0.4, -0.2) is 35.2 Å². The zero-order chi connectivity index (χ0) is 10.5. The van der Waals surface area contributed by atoms with Crippen LogP contribution < -0.4 is 0 Å². The van der Waals surface area contributed by atoms with Crippen LogP contribution in [-0.2, 0) is 0 Å². The highest BCUT2D eigenvalue weighted by molar-refractivity contribution is 4.83. The zero-order valence-electron chi connectivity index (χ0n) is 9.83. The summed E-state index contributed by atoms with van der Waals surface area (Å²) in [6, 6.07) is 0.483. The molecule has 2 aliphatic rings. The molecule has 88 valence electrons. The van der Waals surface area contributed by atoms with Gasteiger partial charge in [-0.15, -0.1) is 0 Å². The molecule has 2 heteroatoms. The molecule has 0 aromatic carbocycles. The van der Waals surface area contributed by atoms with Gasteiger partial charge in [0.05, 0.1) is 6.10 Å². The summed E-state index contributed by atoms with van der Waals surface area (Å²) in [6.07, 6.45) is 11.6. The van der Waals surface area contributed by atoms with E-state index in [0.717, 1.165) is 6.42 Å². The standard InChI is InChI=1S/C13H25NO/c15-13-9-5-4-8-12(13)14-10-6-2-1-3-7-11-14/h12-13,15H,1-11H2/t12-,13-/m0/s1. The first-order chi connectivity index (χ1) is 7.38. The Morgan fingerprint density at radius 3 is 2.00 bits per heavy atom. The number of aliphatic hydroxyl groups excluding tert-OH is 1. The lowest BCUT2D eigenvalue weighted by atomic mass is 9.90. The predicted octanol–water partition coefficient (Wildman–Crippen LogP) is 2.56. The van der Waals surface area contributed by atoms with Gasteiger partial charge in [-0.2, -0.15) is 0 Å². The summed E-state index contributed by atoms with van der Waals surface area (Å²) in [4.78, 5) is 2.57. The topological polar surface area (TPSA) is 23.5 Å². The monoisotopic (exact) mass is 211 g/mol. The van der Waals surface area contributed by atoms with Crippen LogP contribution in [0.3, 0.4) is 0 Å². The Labute approximate surface area is 93.7 Å². The van der Waals surface area contributed by atoms with Crippen LogP contribution >= 0.6 is 0 Å². The molecular weight excluding hydrogens is 186 g/mol. The Morgan fingerprint density at radius 1 is 0.733 bits per heavy atom. The summed E-state index contributed by atoms with van der Waals surface area (Å²) in [5, 5.41) is 10.0. The van der Waals surface area contributed by atoms with E-state index in [1.54, 1.807) is 0 Å². The Hall–Kier alpha value is -0.0800. The molecular formula is C13H25NO. The average molecular weight is 211 g/mol. The van der Waals surface area contributed by atoms with Gasteiger partial charge in [-0.3, -0.25) is 4.90 Å². The number of hydrogen-bond acceptors (Lipinski definition) is 2. The molecule has 1 saturated carbocycles. The highest BCUT2D eigenvalue weighted by Gasteiger charge is 2.28. The van der Waals surface area contributed by atoms with Gasteiger partial charge < -0.3 is 5.11 Å². The summed E-state index contributed by atoms with van der Waals surface area (Å²) < 4.78 is 0. The minimum absolute atomic E-state index is 0.0434. The molecule has 1 N–H and O–H groups in total. The first-order valence-corrected chi connectivity index (χ1v) is 6.80. The van der Waals surface area contributed by atoms with E-state index in [-0.39, 0.29) is 6.10 Å². The van der Waals surface area contributed by atoms with Crippen molar-refractivity contribution in [1.29, 1.82) is 0 Å². The molecule has 0 aromatic heterocycles. The van der Waals surface area contributed by atoms with E-state index in [1.807, 2.05) is 0 Å². The third-order valence-electron chi connectivity index (χ3n) is 4.05. The maximum absolute atomic E-state index is 10.0. The van der Waals surface area contributed by atoms with Crippen molar-refractivity contribution in [2.75, 3.05) is 13.1 Å². The van der Waals surface area contributed by atoms with E-state index < -0.39 is 0 Å². The van der Waals surface area contributed by atoms with Gasteiger partial charge in [0.15, 0.2) is 0 Å². The van der Waals surface area contributed by atoms with Crippen LogP contribution in [0.1, 0.15) is 57.8 Å². The lowest BCUT2D eigenvalue weighted by molar-refractivity contribution is 0.0163. The van der Waals surface area contributed by atoms with Gasteiger partial charge in [0.25, 0.3) is 0 Å². The maximum atomic E-state index is 10.0. The van der Waals surface area contributed by atoms with Gasteiger partial charge in [0.1, 0.15) is 0 Å². The lowest BCUT2D eigenvalue weighted by Gasteiger charge is -2.38. The number of hydrogen-bond donors (Lipinski definition) is 1. The van der Waals surface area contributed by atoms with Gasteiger partial charge in [0, 0.05) is 6.04 Å². The molecule has 2 fully saturated rings. The number of rotatable bonds is 1. The lowest BCUT2D eigenvalue weighted by Crippen LogP contribution is -2.46. The third kappa shape index (κ3) is 3.18. The third-order valence-corrected chi connectivity index (χ3v) is 4.05. The van der Waals surface area contributed by atoms with E-state index >= 15 is 0 Å². The summed E-state index contributed by atoms with van der Waals surface area (Å²) in [7, 11) is 0. The smallest absolute Gasteiger partial charge is 0.0695 e. The van der Waals surface area contributed by atoms with E-state index in [2.05, 4.69) is 4.90 Å². The SMILES string of the molecule is O[C@H]1CCCC[C@@H]1N1CCCCCCC1. The molecule has 0 amide bonds. The molecule has 0 bridgehead atoms. The van der Waals surface area contributed by atoms with Crippen molar-refractivity contribution >= 4 is 0 Å². The minimum atomic E-state index is -0.0434. The van der Waals surface area contributed by atoms with E-state index in [4.69, 9.17) is 0 Å². The zero-order valence-corrected chi connectivity index (χ0v) is 9.83. The number of nitrogens with zero attached hydrogens (tertiary/aromatic N) is 1. The fraction of sp³-hybridized carbons (Fsp3) is 1.00. The summed E-state index contributed by atoms with van der Waals surface area (Å²) in [6.45, 7) is 2.45. The molecule has 1 aliphatic carbocycles. The van der Waals surface area contributed by atoms with Gasteiger partial charge in [-0.1, -0.05) is 32.1 Å². The minimum Gasteiger partial charge on any atom is -0.391 e. The first kappa shape index (κ1) is 11.4. The maximum Gasteiger partial charge on any atom is 0.0695 e. The molecule has 1 aliphatic heterocycles. The number of likely N-dealkylation sites (tertiary alicyclic amines) is 1. The molecule has 2 rings (SSSR count). The van der Waals surface area contributed by atoms with E-state index in [0.29, 0.717) is 6.04 Å². The Morgan fingerprint density at radius 2 is 1.33 bits per heavy atom. The number of aliphatic hydroxyl groups is 1. The highest BCUT2D eigenvalue weighted by atomic mass is 16.3. The van der Waals surface area contributed by atoms with Crippen LogP contribution in [0.5, 0.6) is 0 Å². The van der Waals surface area contributed by atoms with Gasteiger partial charge in [-0.25, -0.2) is 0 Å². The normalized spacial score (nSPS) is 35.8. The van der Waals surface area contributed by atoms with Crippen molar-refractivity contribution in [3.05, 3.63) is 0 Å². The summed E-state index contributed by atoms with van der Waals surface area (Å²) >= 11 is 0. The van der Waals surface area contributed by atoms with Crippen LogP contribution in [0.4, 0.5) is 0 Å². The van der Waals surface area contributed by atoms with E-state index in [9.17, 15) is 5.11 Å². The van der Waals surface area contributed by atoms with Crippen molar-refractivity contribution in [1.82, 2.24) is 4.90 Å². The Balaban J connectivity index is 1.87. The summed E-state index contributed by atoms with van der Waals surface area (Å²) in [5.74, 6) is 0. The second kappa shape index (κ2) is 5.86. The Bertz CT molecular complexity index is 175. The van der Waals surface area contributed by atoms with Crippen LogP contribution in [0.15, 0.2) is 0 Å². The van der Waals surface area contributed by atoms with Gasteiger partial charge in [0.2, 0.25) is 0 Å². The van der Waals surface area contributed by atoms with Crippen LogP contribution in [0.2, 0.25) is 0 Å². The highest BCUT2D eigenvalue weighted by Crippen LogP contribution is 2.25. The quantitative estimate of drug-likeness (QED) is 0.720. The molecule has 0 spiro atoms. The fourth-order valence-corrected chi connectivity index (χ4v) is 3.12. The molecule has 2 atom stereocenters. The molecule has 0 unspecified atom stereocenters. The average Bonchev–Trinajstić information content (AvgIpc) is 2.19. The molecule has 15 heavy (non-hydrogen) atoms. The summed E-state index contributed by atoms with van der Waals surface area (Å²) in [5.41, 5.74) is 0.